The smallest absolute Gasteiger partial charge is 0.240 e. The zero-order valence-corrected chi connectivity index (χ0v) is 11.0. The van der Waals surface area contributed by atoms with E-state index < -0.39 is 12.1 Å². The number of carbonyl (C=O) groups is 1. The zero-order valence-electron chi connectivity index (χ0n) is 11.0. The standard InChI is InChI=1S/C14H20N2O3/c1-16-12(9-17)13(18)8-15-11(14(16)19)7-10-5-3-2-4-6-10/h2-6,11-13,15,17-18H,7-9H2,1H3/t11-,12+,13+/m0/s1. The number of benzene rings is 1. The lowest BCUT2D eigenvalue weighted by atomic mass is 10.1. The average molecular weight is 264 g/mol. The van der Waals surface area contributed by atoms with Crippen molar-refractivity contribution in [1.82, 2.24) is 10.2 Å². The van der Waals surface area contributed by atoms with Crippen LogP contribution >= 0.6 is 0 Å². The highest BCUT2D eigenvalue weighted by atomic mass is 16.3. The maximum Gasteiger partial charge on any atom is 0.240 e. The molecule has 0 aromatic heterocycles. The quantitative estimate of drug-likeness (QED) is 0.680. The van der Waals surface area contributed by atoms with Crippen LogP contribution in [-0.2, 0) is 11.2 Å². The second kappa shape index (κ2) is 6.14. The van der Waals surface area contributed by atoms with E-state index in [1.807, 2.05) is 30.3 Å². The largest absolute Gasteiger partial charge is 0.394 e. The van der Waals surface area contributed by atoms with Gasteiger partial charge in [0.1, 0.15) is 0 Å². The topological polar surface area (TPSA) is 72.8 Å². The molecule has 1 aromatic rings. The lowest BCUT2D eigenvalue weighted by Gasteiger charge is -2.28. The fourth-order valence-corrected chi connectivity index (χ4v) is 2.41. The maximum absolute atomic E-state index is 12.3. The first kappa shape index (κ1) is 14.0. The summed E-state index contributed by atoms with van der Waals surface area (Å²) in [5.41, 5.74) is 1.07. The third-order valence-corrected chi connectivity index (χ3v) is 3.63. The molecule has 1 amide bonds. The van der Waals surface area contributed by atoms with Gasteiger partial charge in [-0.25, -0.2) is 0 Å². The van der Waals surface area contributed by atoms with Crippen LogP contribution in [0.4, 0.5) is 0 Å². The number of amides is 1. The fraction of sp³-hybridized carbons (Fsp3) is 0.500. The summed E-state index contributed by atoms with van der Waals surface area (Å²) < 4.78 is 0. The van der Waals surface area contributed by atoms with E-state index in [9.17, 15) is 15.0 Å². The predicted octanol–water partition coefficient (Wildman–Crippen LogP) is -0.619. The number of rotatable bonds is 3. The number of aliphatic hydroxyl groups excluding tert-OH is 2. The molecule has 1 aromatic carbocycles. The van der Waals surface area contributed by atoms with Gasteiger partial charge in [0.25, 0.3) is 0 Å². The van der Waals surface area contributed by atoms with Crippen LogP contribution < -0.4 is 5.32 Å². The van der Waals surface area contributed by atoms with Gasteiger partial charge in [-0.15, -0.1) is 0 Å². The van der Waals surface area contributed by atoms with Crippen LogP contribution in [0.2, 0.25) is 0 Å². The molecule has 19 heavy (non-hydrogen) atoms. The van der Waals surface area contributed by atoms with Crippen molar-refractivity contribution in [3.8, 4) is 0 Å². The Morgan fingerprint density at radius 2 is 2.05 bits per heavy atom. The molecular weight excluding hydrogens is 244 g/mol. The zero-order chi connectivity index (χ0) is 13.8. The molecule has 0 radical (unpaired) electrons. The van der Waals surface area contributed by atoms with Crippen LogP contribution in [0.15, 0.2) is 30.3 Å². The van der Waals surface area contributed by atoms with Crippen LogP contribution in [0.25, 0.3) is 0 Å². The van der Waals surface area contributed by atoms with Crippen molar-refractivity contribution in [2.45, 2.75) is 24.6 Å². The highest BCUT2D eigenvalue weighted by Crippen LogP contribution is 2.12. The molecule has 3 N–H and O–H groups in total. The fourth-order valence-electron chi connectivity index (χ4n) is 2.41. The van der Waals surface area contributed by atoms with Crippen LogP contribution in [0.1, 0.15) is 5.56 Å². The van der Waals surface area contributed by atoms with Gasteiger partial charge in [0.2, 0.25) is 5.91 Å². The highest BCUT2D eigenvalue weighted by Gasteiger charge is 2.34. The minimum Gasteiger partial charge on any atom is -0.394 e. The summed E-state index contributed by atoms with van der Waals surface area (Å²) >= 11 is 0. The van der Waals surface area contributed by atoms with Gasteiger partial charge in [-0.05, 0) is 12.0 Å². The molecule has 0 spiro atoms. The molecule has 0 saturated carbocycles. The lowest BCUT2D eigenvalue weighted by molar-refractivity contribution is -0.135. The maximum atomic E-state index is 12.3. The molecule has 0 unspecified atom stereocenters. The third-order valence-electron chi connectivity index (χ3n) is 3.63. The Kier molecular flexibility index (Phi) is 4.52. The summed E-state index contributed by atoms with van der Waals surface area (Å²) in [7, 11) is 1.62. The Morgan fingerprint density at radius 1 is 1.37 bits per heavy atom. The molecule has 1 aliphatic heterocycles. The number of likely N-dealkylation sites (N-methyl/N-ethyl adjacent to an activating group) is 1. The first-order chi connectivity index (χ1) is 9.13. The molecule has 104 valence electrons. The van der Waals surface area contributed by atoms with E-state index in [2.05, 4.69) is 5.32 Å². The van der Waals surface area contributed by atoms with Crippen molar-refractivity contribution in [3.05, 3.63) is 35.9 Å². The van der Waals surface area contributed by atoms with Gasteiger partial charge < -0.3 is 20.4 Å². The molecule has 1 saturated heterocycles. The second-order valence-corrected chi connectivity index (χ2v) is 4.92. The number of aliphatic hydroxyl groups is 2. The molecule has 5 heteroatoms. The number of hydrogen-bond donors (Lipinski definition) is 3. The average Bonchev–Trinajstić information content (AvgIpc) is 2.52. The summed E-state index contributed by atoms with van der Waals surface area (Å²) in [5.74, 6) is -0.0977. The molecular formula is C14H20N2O3. The normalized spacial score (nSPS) is 28.3. The first-order valence-electron chi connectivity index (χ1n) is 6.46. The Morgan fingerprint density at radius 3 is 2.68 bits per heavy atom. The highest BCUT2D eigenvalue weighted by molar-refractivity contribution is 5.82. The van der Waals surface area contributed by atoms with Crippen molar-refractivity contribution in [3.63, 3.8) is 0 Å². The van der Waals surface area contributed by atoms with E-state index in [4.69, 9.17) is 0 Å². The summed E-state index contributed by atoms with van der Waals surface area (Å²) in [4.78, 5) is 13.7. The van der Waals surface area contributed by atoms with Gasteiger partial charge in [-0.3, -0.25) is 4.79 Å². The van der Waals surface area contributed by atoms with E-state index in [0.29, 0.717) is 13.0 Å². The van der Waals surface area contributed by atoms with Crippen molar-refractivity contribution < 1.29 is 15.0 Å². The van der Waals surface area contributed by atoms with Crippen molar-refractivity contribution in [2.75, 3.05) is 20.2 Å². The van der Waals surface area contributed by atoms with Crippen LogP contribution in [0.5, 0.6) is 0 Å². The first-order valence-corrected chi connectivity index (χ1v) is 6.46. The number of hydrogen-bond acceptors (Lipinski definition) is 4. The van der Waals surface area contributed by atoms with Gasteiger partial charge in [-0.1, -0.05) is 30.3 Å². The van der Waals surface area contributed by atoms with Crippen LogP contribution in [-0.4, -0.2) is 59.4 Å². The summed E-state index contributed by atoms with van der Waals surface area (Å²) in [6.45, 7) is 0.0714. The minimum atomic E-state index is -0.750. The number of β-amino-alcohol motifs (C(OH)–C–C–N with tert-alkyl or cyclic N) is 1. The Labute approximate surface area is 112 Å². The molecule has 3 atom stereocenters. The number of carbonyl (C=O) groups excluding carboxylic acids is 1. The minimum absolute atomic E-state index is 0.0977. The van der Waals surface area contributed by atoms with Crippen LogP contribution in [0.3, 0.4) is 0 Å². The lowest BCUT2D eigenvalue weighted by Crippen LogP contribution is -2.48. The van der Waals surface area contributed by atoms with E-state index in [-0.39, 0.29) is 18.6 Å². The van der Waals surface area contributed by atoms with Gasteiger partial charge in [-0.2, -0.15) is 0 Å². The van der Waals surface area contributed by atoms with E-state index in [0.717, 1.165) is 5.56 Å². The summed E-state index contributed by atoms with van der Waals surface area (Å²) in [6, 6.07) is 8.85. The Bertz CT molecular complexity index is 424. The molecule has 2 rings (SSSR count). The molecule has 1 heterocycles. The van der Waals surface area contributed by atoms with E-state index >= 15 is 0 Å². The van der Waals surface area contributed by atoms with Gasteiger partial charge >= 0.3 is 0 Å². The molecule has 1 fully saturated rings. The molecule has 1 aliphatic rings. The third kappa shape index (κ3) is 3.12. The van der Waals surface area contributed by atoms with Gasteiger partial charge in [0.15, 0.2) is 0 Å². The second-order valence-electron chi connectivity index (χ2n) is 4.92. The monoisotopic (exact) mass is 264 g/mol. The van der Waals surface area contributed by atoms with Crippen LogP contribution in [0, 0.1) is 0 Å². The summed E-state index contributed by atoms with van der Waals surface area (Å²) in [5, 5.41) is 22.2. The van der Waals surface area contributed by atoms with Crippen molar-refractivity contribution in [2.24, 2.45) is 0 Å². The number of nitrogens with zero attached hydrogens (tertiary/aromatic N) is 1. The van der Waals surface area contributed by atoms with E-state index in [1.54, 1.807) is 7.05 Å². The Balaban J connectivity index is 2.12. The summed E-state index contributed by atoms with van der Waals surface area (Å²) in [6.07, 6.45) is -0.172. The number of nitrogens with one attached hydrogen (secondary N) is 1. The van der Waals surface area contributed by atoms with Crippen molar-refractivity contribution in [1.29, 1.82) is 0 Å². The Hall–Kier alpha value is -1.43. The van der Waals surface area contributed by atoms with E-state index in [1.165, 1.54) is 4.90 Å². The molecule has 0 bridgehead atoms. The SMILES string of the molecule is CN1C(=O)[C@H](Cc2ccccc2)NC[C@@H](O)[C@H]1CO. The molecule has 5 nitrogen and oxygen atoms in total. The van der Waals surface area contributed by atoms with Gasteiger partial charge in [0, 0.05) is 13.6 Å². The van der Waals surface area contributed by atoms with Gasteiger partial charge in [0.05, 0.1) is 24.8 Å². The predicted molar refractivity (Wildman–Crippen MR) is 71.6 cm³/mol. The van der Waals surface area contributed by atoms with Crippen molar-refractivity contribution >= 4 is 5.91 Å². The molecule has 0 aliphatic carbocycles.